The molecular weight excluding hydrogens is 562 g/mol. The normalized spacial score (nSPS) is 12.9. The van der Waals surface area contributed by atoms with Gasteiger partial charge in [-0.1, -0.05) is 19.6 Å². The maximum Gasteiger partial charge on any atom is 0.418 e. The number of urea groups is 1. The summed E-state index contributed by atoms with van der Waals surface area (Å²) in [5.41, 5.74) is -1.59. The number of methoxy groups -OCH3 is 1. The highest BCUT2D eigenvalue weighted by Crippen LogP contribution is 2.42. The molecule has 3 aromatic rings. The summed E-state index contributed by atoms with van der Waals surface area (Å²) in [6, 6.07) is 2.33. The van der Waals surface area contributed by atoms with Crippen LogP contribution in [0, 0.1) is 11.6 Å². The second-order valence-electron chi connectivity index (χ2n) is 10.1. The Morgan fingerprint density at radius 2 is 1.85 bits per heavy atom. The number of anilines is 1. The lowest BCUT2D eigenvalue weighted by Gasteiger charge is -2.15. The number of pyridine rings is 1. The molecule has 0 radical (unpaired) electrons. The Morgan fingerprint density at radius 1 is 1.18 bits per heavy atom. The molecule has 0 aliphatic heterocycles. The lowest BCUT2D eigenvalue weighted by molar-refractivity contribution is -0.136. The van der Waals surface area contributed by atoms with Crippen molar-refractivity contribution in [3.63, 3.8) is 0 Å². The van der Waals surface area contributed by atoms with Gasteiger partial charge in [-0.15, -0.1) is 0 Å². The first kappa shape index (κ1) is 31.2. The van der Waals surface area contributed by atoms with E-state index >= 15 is 0 Å². The molecule has 3 rings (SSSR count). The summed E-state index contributed by atoms with van der Waals surface area (Å²) in [6.07, 6.45) is -4.37. The van der Waals surface area contributed by atoms with E-state index in [1.807, 2.05) is 0 Å². The van der Waals surface area contributed by atoms with Gasteiger partial charge in [0.05, 0.1) is 24.1 Å². The highest BCUT2D eigenvalue weighted by atomic mass is 28.3. The maximum atomic E-state index is 14.8. The molecule has 2 aromatic heterocycles. The molecule has 2 heterocycles. The molecule has 0 aliphatic rings. The lowest BCUT2D eigenvalue weighted by atomic mass is 10.2. The number of fused-ring (bicyclic) bond motifs is 1. The van der Waals surface area contributed by atoms with Crippen molar-refractivity contribution in [1.82, 2.24) is 14.9 Å². The standard InChI is InChI=1S/C25H30F6N4O4Si/c1-37-13-15(26)11-33-24(36)34-16-9-18(27)22(19(28)10-16)39-20-5-6-32-23-21(20)17(25(29,30)31)12-35(23)14-38-7-8-40(2,3)4/h5-6,9-10,12,15H,7-8,11,13-14H2,1-4H3,(H2,33,34,36). The number of hydrogen-bond acceptors (Lipinski definition) is 5. The zero-order chi connectivity index (χ0) is 29.7. The summed E-state index contributed by atoms with van der Waals surface area (Å²) >= 11 is 0. The Morgan fingerprint density at radius 3 is 2.45 bits per heavy atom. The predicted octanol–water partition coefficient (Wildman–Crippen LogP) is 6.54. The van der Waals surface area contributed by atoms with Crippen LogP contribution in [0.1, 0.15) is 5.56 Å². The monoisotopic (exact) mass is 592 g/mol. The van der Waals surface area contributed by atoms with Gasteiger partial charge in [0.15, 0.2) is 17.4 Å². The Balaban J connectivity index is 1.85. The second-order valence-corrected chi connectivity index (χ2v) is 15.7. The zero-order valence-electron chi connectivity index (χ0n) is 22.3. The second kappa shape index (κ2) is 12.9. The molecule has 0 spiro atoms. The molecule has 2 amide bonds. The van der Waals surface area contributed by atoms with Crippen LogP contribution >= 0.6 is 0 Å². The van der Waals surface area contributed by atoms with Crippen LogP contribution in [0.2, 0.25) is 25.7 Å². The minimum absolute atomic E-state index is 0.145. The number of carbonyl (C=O) groups is 1. The fourth-order valence-electron chi connectivity index (χ4n) is 3.58. The molecule has 1 atom stereocenters. The molecule has 8 nitrogen and oxygen atoms in total. The Bertz CT molecular complexity index is 1310. The molecule has 0 fully saturated rings. The summed E-state index contributed by atoms with van der Waals surface area (Å²) in [6.45, 7) is 5.87. The maximum absolute atomic E-state index is 14.8. The number of aromatic nitrogens is 2. The molecule has 0 aliphatic carbocycles. The number of amides is 2. The van der Waals surface area contributed by atoms with Crippen molar-refractivity contribution >= 4 is 30.8 Å². The van der Waals surface area contributed by atoms with Gasteiger partial charge < -0.3 is 29.4 Å². The number of hydrogen-bond donors (Lipinski definition) is 2. The Labute approximate surface area is 227 Å². The number of carbonyl (C=O) groups excluding carboxylic acids is 1. The molecule has 0 bridgehead atoms. The first-order valence-corrected chi connectivity index (χ1v) is 15.9. The quantitative estimate of drug-likeness (QED) is 0.142. The van der Waals surface area contributed by atoms with E-state index < -0.39 is 67.1 Å². The number of nitrogens with zero attached hydrogens (tertiary/aromatic N) is 2. The van der Waals surface area contributed by atoms with Crippen molar-refractivity contribution in [2.24, 2.45) is 0 Å². The molecule has 15 heteroatoms. The van der Waals surface area contributed by atoms with Crippen LogP contribution in [-0.2, 0) is 22.4 Å². The molecular formula is C25H30F6N4O4Si. The van der Waals surface area contributed by atoms with E-state index in [0.29, 0.717) is 18.7 Å². The number of nitrogens with one attached hydrogen (secondary N) is 2. The van der Waals surface area contributed by atoms with E-state index in [1.165, 1.54) is 7.11 Å². The predicted molar refractivity (Wildman–Crippen MR) is 139 cm³/mol. The molecule has 1 unspecified atom stereocenters. The highest BCUT2D eigenvalue weighted by Gasteiger charge is 2.37. The SMILES string of the molecule is COCC(F)CNC(=O)Nc1cc(F)c(Oc2ccnc3c2c(C(F)(F)F)cn3COCC[Si](C)(C)C)c(F)c1. The van der Waals surface area contributed by atoms with Gasteiger partial charge >= 0.3 is 12.2 Å². The van der Waals surface area contributed by atoms with Crippen molar-refractivity contribution in [1.29, 1.82) is 0 Å². The van der Waals surface area contributed by atoms with Crippen LogP contribution in [0.3, 0.4) is 0 Å². The van der Waals surface area contributed by atoms with Crippen LogP contribution < -0.4 is 15.4 Å². The third-order valence-corrected chi connectivity index (χ3v) is 7.26. The van der Waals surface area contributed by atoms with Gasteiger partial charge in [-0.25, -0.2) is 22.9 Å². The summed E-state index contributed by atoms with van der Waals surface area (Å²) in [5, 5.41) is 3.81. The third kappa shape index (κ3) is 8.35. The number of halogens is 6. The number of rotatable bonds is 12. The highest BCUT2D eigenvalue weighted by molar-refractivity contribution is 6.76. The van der Waals surface area contributed by atoms with Crippen molar-refractivity contribution in [2.45, 2.75) is 44.8 Å². The largest absolute Gasteiger partial charge is 0.450 e. The minimum Gasteiger partial charge on any atom is -0.450 e. The molecule has 0 saturated heterocycles. The molecule has 40 heavy (non-hydrogen) atoms. The fourth-order valence-corrected chi connectivity index (χ4v) is 4.34. The van der Waals surface area contributed by atoms with Gasteiger partial charge in [-0.3, -0.25) is 0 Å². The van der Waals surface area contributed by atoms with Crippen molar-refractivity contribution in [3.8, 4) is 11.5 Å². The van der Waals surface area contributed by atoms with Crippen LogP contribution in [0.4, 0.5) is 36.8 Å². The van der Waals surface area contributed by atoms with Gasteiger partial charge in [0, 0.05) is 52.0 Å². The summed E-state index contributed by atoms with van der Waals surface area (Å²) in [5.74, 6) is -4.08. The van der Waals surface area contributed by atoms with E-state index in [1.54, 1.807) is 0 Å². The fraction of sp³-hybridized carbons (Fsp3) is 0.440. The number of benzene rings is 1. The summed E-state index contributed by atoms with van der Waals surface area (Å²) in [7, 11) is -0.149. The van der Waals surface area contributed by atoms with Crippen LogP contribution in [0.15, 0.2) is 30.6 Å². The summed E-state index contributed by atoms with van der Waals surface area (Å²) in [4.78, 5) is 15.9. The van der Waals surface area contributed by atoms with E-state index in [9.17, 15) is 31.1 Å². The van der Waals surface area contributed by atoms with E-state index in [2.05, 4.69) is 40.0 Å². The summed E-state index contributed by atoms with van der Waals surface area (Å²) < 4.78 is 102. The van der Waals surface area contributed by atoms with E-state index in [4.69, 9.17) is 9.47 Å². The lowest BCUT2D eigenvalue weighted by Crippen LogP contribution is -2.35. The minimum atomic E-state index is -4.83. The van der Waals surface area contributed by atoms with E-state index in [-0.39, 0.29) is 24.7 Å². The number of ether oxygens (including phenoxy) is 3. The van der Waals surface area contributed by atoms with Crippen molar-refractivity contribution in [3.05, 3.63) is 47.8 Å². The van der Waals surface area contributed by atoms with Gasteiger partial charge in [0.25, 0.3) is 0 Å². The zero-order valence-corrected chi connectivity index (χ0v) is 23.3. The van der Waals surface area contributed by atoms with E-state index in [0.717, 1.165) is 29.1 Å². The topological polar surface area (TPSA) is 86.6 Å². The number of alkyl halides is 4. The third-order valence-electron chi connectivity index (χ3n) is 5.55. The Kier molecular flexibility index (Phi) is 10.1. The molecule has 2 N–H and O–H groups in total. The Hall–Kier alpha value is -3.30. The van der Waals surface area contributed by atoms with Crippen LogP contribution in [0.5, 0.6) is 11.5 Å². The van der Waals surface area contributed by atoms with Crippen molar-refractivity contribution in [2.75, 3.05) is 32.2 Å². The van der Waals surface area contributed by atoms with Crippen LogP contribution in [-0.4, -0.2) is 56.7 Å². The molecule has 0 saturated carbocycles. The van der Waals surface area contributed by atoms with Gasteiger partial charge in [0.2, 0.25) is 0 Å². The van der Waals surface area contributed by atoms with Crippen LogP contribution in [0.25, 0.3) is 11.0 Å². The average Bonchev–Trinajstić information content (AvgIpc) is 3.22. The van der Waals surface area contributed by atoms with Gasteiger partial charge in [0.1, 0.15) is 24.3 Å². The molecule has 220 valence electrons. The molecule has 1 aromatic carbocycles. The first-order valence-electron chi connectivity index (χ1n) is 12.2. The average molecular weight is 593 g/mol. The van der Waals surface area contributed by atoms with Crippen molar-refractivity contribution < 1.29 is 45.3 Å². The first-order chi connectivity index (χ1) is 18.7. The van der Waals surface area contributed by atoms with Gasteiger partial charge in [-0.05, 0) is 12.1 Å². The smallest absolute Gasteiger partial charge is 0.418 e. The van der Waals surface area contributed by atoms with Gasteiger partial charge in [-0.2, -0.15) is 13.2 Å².